The Morgan fingerprint density at radius 3 is 2.19 bits per heavy atom. The van der Waals surface area contributed by atoms with Crippen molar-refractivity contribution in [2.24, 2.45) is 5.92 Å². The van der Waals surface area contributed by atoms with Crippen LogP contribution in [0.4, 0.5) is 11.4 Å². The highest BCUT2D eigenvalue weighted by Crippen LogP contribution is 2.25. The van der Waals surface area contributed by atoms with Gasteiger partial charge in [-0.1, -0.05) is 25.1 Å². The second-order valence-corrected chi connectivity index (χ2v) is 11.1. The van der Waals surface area contributed by atoms with Crippen molar-refractivity contribution in [3.8, 4) is 0 Å². The molecule has 1 fully saturated rings. The van der Waals surface area contributed by atoms with Crippen LogP contribution in [0.15, 0.2) is 42.5 Å². The van der Waals surface area contributed by atoms with E-state index < -0.39 is 10.0 Å². The van der Waals surface area contributed by atoms with Crippen LogP contribution < -0.4 is 14.5 Å². The van der Waals surface area contributed by atoms with E-state index in [4.69, 9.17) is 0 Å². The van der Waals surface area contributed by atoms with Crippen LogP contribution in [0.1, 0.15) is 49.4 Å². The molecule has 0 radical (unpaired) electrons. The Bertz CT molecular complexity index is 1020. The Balaban J connectivity index is 1.66. The van der Waals surface area contributed by atoms with Gasteiger partial charge in [0.05, 0.1) is 18.0 Å². The number of nitrogens with zero attached hydrogens (tertiary/aromatic N) is 2. The molecule has 1 unspecified atom stereocenters. The molecule has 0 aliphatic carbocycles. The molecular weight excluding hydrogens is 422 g/mol. The molecule has 0 saturated carbocycles. The summed E-state index contributed by atoms with van der Waals surface area (Å²) < 4.78 is 26.0. The van der Waals surface area contributed by atoms with Gasteiger partial charge in [0.15, 0.2) is 0 Å². The second kappa shape index (κ2) is 9.94. The van der Waals surface area contributed by atoms with Gasteiger partial charge in [-0.2, -0.15) is 0 Å². The zero-order valence-corrected chi connectivity index (χ0v) is 20.6. The summed E-state index contributed by atoms with van der Waals surface area (Å²) in [5, 5.41) is 2.94. The molecule has 0 bridgehead atoms. The van der Waals surface area contributed by atoms with Crippen LogP contribution in [-0.4, -0.2) is 40.2 Å². The van der Waals surface area contributed by atoms with Crippen LogP contribution in [0.2, 0.25) is 0 Å². The smallest absolute Gasteiger partial charge is 0.241 e. The molecule has 1 aliphatic heterocycles. The fourth-order valence-corrected chi connectivity index (χ4v) is 5.08. The number of amides is 1. The first-order chi connectivity index (χ1) is 15.0. The Labute approximate surface area is 192 Å². The number of anilines is 2. The highest BCUT2D eigenvalue weighted by atomic mass is 32.2. The number of rotatable bonds is 7. The van der Waals surface area contributed by atoms with E-state index in [2.05, 4.69) is 29.3 Å². The third kappa shape index (κ3) is 6.25. The fourth-order valence-electron chi connectivity index (χ4n) is 4.24. The number of carbonyl (C=O) groups excluding carboxylic acids is 1. The molecule has 2 aromatic rings. The van der Waals surface area contributed by atoms with Gasteiger partial charge in [0.1, 0.15) is 6.54 Å². The lowest BCUT2D eigenvalue weighted by Crippen LogP contribution is -2.41. The van der Waals surface area contributed by atoms with Gasteiger partial charge in [-0.05, 0) is 80.5 Å². The monoisotopic (exact) mass is 457 g/mol. The Kier molecular flexibility index (Phi) is 7.49. The van der Waals surface area contributed by atoms with Crippen molar-refractivity contribution in [3.05, 3.63) is 59.2 Å². The minimum Gasteiger partial charge on any atom is -0.372 e. The molecule has 1 aliphatic rings. The highest BCUT2D eigenvalue weighted by Gasteiger charge is 2.22. The molecule has 0 spiro atoms. The van der Waals surface area contributed by atoms with Gasteiger partial charge >= 0.3 is 0 Å². The topological polar surface area (TPSA) is 69.7 Å². The Morgan fingerprint density at radius 2 is 1.66 bits per heavy atom. The maximum Gasteiger partial charge on any atom is 0.241 e. The van der Waals surface area contributed by atoms with Gasteiger partial charge in [0.2, 0.25) is 15.9 Å². The standard InChI is InChI=1S/C25H35N3O3S/c1-18-10-12-27(13-11-18)23-8-6-22(7-9-23)21(4)26-25(29)17-28(32(5,30)31)24-15-19(2)14-20(3)16-24/h6-9,14-16,18,21H,10-13,17H2,1-5H3,(H,26,29). The molecule has 1 N–H and O–H groups in total. The number of sulfonamides is 1. The highest BCUT2D eigenvalue weighted by molar-refractivity contribution is 7.92. The lowest BCUT2D eigenvalue weighted by Gasteiger charge is -2.32. The van der Waals surface area contributed by atoms with Crippen LogP contribution >= 0.6 is 0 Å². The van der Waals surface area contributed by atoms with Crippen molar-refractivity contribution in [2.75, 3.05) is 35.1 Å². The fraction of sp³-hybridized carbons (Fsp3) is 0.480. The molecule has 6 nitrogen and oxygen atoms in total. The van der Waals surface area contributed by atoms with E-state index in [0.717, 1.165) is 46.3 Å². The summed E-state index contributed by atoms with van der Waals surface area (Å²) in [7, 11) is -3.60. The van der Waals surface area contributed by atoms with Crippen LogP contribution in [0.3, 0.4) is 0 Å². The van der Waals surface area contributed by atoms with Crippen molar-refractivity contribution >= 4 is 27.3 Å². The molecule has 174 valence electrons. The maximum absolute atomic E-state index is 12.7. The summed E-state index contributed by atoms with van der Waals surface area (Å²) in [6.45, 7) is 9.93. The van der Waals surface area contributed by atoms with E-state index in [9.17, 15) is 13.2 Å². The van der Waals surface area contributed by atoms with Gasteiger partial charge in [0.25, 0.3) is 0 Å². The molecule has 1 saturated heterocycles. The van der Waals surface area contributed by atoms with E-state index in [1.807, 2.05) is 39.0 Å². The van der Waals surface area contributed by atoms with Crippen LogP contribution in [0.5, 0.6) is 0 Å². The predicted molar refractivity (Wildman–Crippen MR) is 132 cm³/mol. The molecule has 3 rings (SSSR count). The van der Waals surface area contributed by atoms with Gasteiger partial charge in [0, 0.05) is 18.8 Å². The number of hydrogen-bond acceptors (Lipinski definition) is 4. The molecule has 0 aromatic heterocycles. The molecule has 7 heteroatoms. The first-order valence-corrected chi connectivity index (χ1v) is 13.1. The Morgan fingerprint density at radius 1 is 1.09 bits per heavy atom. The molecule has 1 amide bonds. The zero-order chi connectivity index (χ0) is 23.5. The lowest BCUT2D eigenvalue weighted by atomic mass is 9.98. The lowest BCUT2D eigenvalue weighted by molar-refractivity contribution is -0.120. The third-order valence-corrected chi connectivity index (χ3v) is 7.24. The van der Waals surface area contributed by atoms with Crippen molar-refractivity contribution in [2.45, 2.75) is 46.6 Å². The maximum atomic E-state index is 12.7. The number of hydrogen-bond donors (Lipinski definition) is 1. The third-order valence-electron chi connectivity index (χ3n) is 6.10. The summed E-state index contributed by atoms with van der Waals surface area (Å²) in [4.78, 5) is 15.2. The van der Waals surface area contributed by atoms with E-state index in [0.29, 0.717) is 5.69 Å². The van der Waals surface area contributed by atoms with E-state index in [1.165, 1.54) is 18.5 Å². The molecule has 2 aromatic carbocycles. The minimum atomic E-state index is -3.60. The number of piperidine rings is 1. The van der Waals surface area contributed by atoms with E-state index >= 15 is 0 Å². The largest absolute Gasteiger partial charge is 0.372 e. The second-order valence-electron chi connectivity index (χ2n) is 9.17. The SMILES string of the molecule is Cc1cc(C)cc(N(CC(=O)NC(C)c2ccc(N3CCC(C)CC3)cc2)S(C)(=O)=O)c1. The van der Waals surface area contributed by atoms with Gasteiger partial charge < -0.3 is 10.2 Å². The normalized spacial score (nSPS) is 16.0. The first kappa shape index (κ1) is 24.1. The van der Waals surface area contributed by atoms with E-state index in [1.54, 1.807) is 12.1 Å². The van der Waals surface area contributed by atoms with E-state index in [-0.39, 0.29) is 18.5 Å². The van der Waals surface area contributed by atoms with Crippen LogP contribution in [0, 0.1) is 19.8 Å². The quantitative estimate of drug-likeness (QED) is 0.677. The predicted octanol–water partition coefficient (Wildman–Crippen LogP) is 4.18. The van der Waals surface area contributed by atoms with Crippen molar-refractivity contribution in [1.82, 2.24) is 5.32 Å². The summed E-state index contributed by atoms with van der Waals surface area (Å²) in [5.41, 5.74) is 4.60. The Hall–Kier alpha value is -2.54. The van der Waals surface area contributed by atoms with Gasteiger partial charge in [-0.25, -0.2) is 8.42 Å². The average molecular weight is 458 g/mol. The number of aryl methyl sites for hydroxylation is 2. The molecule has 1 heterocycles. The molecular formula is C25H35N3O3S. The molecule has 32 heavy (non-hydrogen) atoms. The first-order valence-electron chi connectivity index (χ1n) is 11.2. The van der Waals surface area contributed by atoms with Crippen molar-refractivity contribution in [1.29, 1.82) is 0 Å². The summed E-state index contributed by atoms with van der Waals surface area (Å²) in [6.07, 6.45) is 3.55. The number of benzene rings is 2. The average Bonchev–Trinajstić information content (AvgIpc) is 2.71. The van der Waals surface area contributed by atoms with Crippen molar-refractivity contribution < 1.29 is 13.2 Å². The zero-order valence-electron chi connectivity index (χ0n) is 19.8. The van der Waals surface area contributed by atoms with Crippen LogP contribution in [0.25, 0.3) is 0 Å². The molecule has 1 atom stereocenters. The van der Waals surface area contributed by atoms with Gasteiger partial charge in [-0.15, -0.1) is 0 Å². The summed E-state index contributed by atoms with van der Waals surface area (Å²) >= 11 is 0. The summed E-state index contributed by atoms with van der Waals surface area (Å²) in [6, 6.07) is 13.6. The van der Waals surface area contributed by atoms with Crippen LogP contribution in [-0.2, 0) is 14.8 Å². The van der Waals surface area contributed by atoms with Crippen molar-refractivity contribution in [3.63, 3.8) is 0 Å². The number of carbonyl (C=O) groups is 1. The minimum absolute atomic E-state index is 0.224. The van der Waals surface area contributed by atoms with Gasteiger partial charge in [-0.3, -0.25) is 9.10 Å². The summed E-state index contributed by atoms with van der Waals surface area (Å²) in [5.74, 6) is 0.451. The number of nitrogens with one attached hydrogen (secondary N) is 1.